The largest absolute Gasteiger partial charge is 0.445 e. The molecule has 0 spiro atoms. The second-order valence-electron chi connectivity index (χ2n) is 8.64. The Morgan fingerprint density at radius 1 is 0.939 bits per heavy atom. The molecule has 2 atom stereocenters. The van der Waals surface area contributed by atoms with E-state index in [1.165, 1.54) is 5.56 Å². The first-order valence-electron chi connectivity index (χ1n) is 11.6. The standard InChI is InChI=1S/C26H34N2O5/c1-19(2)17-23(28-26(30)33-18-21-11-7-4-8-12-21)24(29)27-22(25-31-15-16-32-25)14-13-20-9-5-3-6-10-20/h3-12,19,22-23,25H,13-18H2,1-2H3,(H,27,29)(H,28,30). The molecule has 1 fully saturated rings. The molecule has 0 aliphatic carbocycles. The van der Waals surface area contributed by atoms with Crippen molar-refractivity contribution in [2.24, 2.45) is 5.92 Å². The minimum Gasteiger partial charge on any atom is -0.445 e. The van der Waals surface area contributed by atoms with Crippen LogP contribution in [0.3, 0.4) is 0 Å². The van der Waals surface area contributed by atoms with Crippen LogP contribution in [-0.2, 0) is 32.0 Å². The zero-order valence-corrected chi connectivity index (χ0v) is 19.4. The van der Waals surface area contributed by atoms with Crippen molar-refractivity contribution in [1.82, 2.24) is 10.6 Å². The summed E-state index contributed by atoms with van der Waals surface area (Å²) in [6, 6.07) is 18.5. The summed E-state index contributed by atoms with van der Waals surface area (Å²) in [4.78, 5) is 25.6. The maximum absolute atomic E-state index is 13.2. The second-order valence-corrected chi connectivity index (χ2v) is 8.64. The van der Waals surface area contributed by atoms with Gasteiger partial charge in [0.15, 0.2) is 6.29 Å². The topological polar surface area (TPSA) is 85.9 Å². The normalized spacial score (nSPS) is 15.7. The average Bonchev–Trinajstić information content (AvgIpc) is 3.36. The van der Waals surface area contributed by atoms with Gasteiger partial charge in [-0.2, -0.15) is 0 Å². The van der Waals surface area contributed by atoms with Crippen molar-refractivity contribution in [3.63, 3.8) is 0 Å². The molecule has 1 saturated heterocycles. The third kappa shape index (κ3) is 8.51. The van der Waals surface area contributed by atoms with Crippen LogP contribution < -0.4 is 10.6 Å². The number of hydrogen-bond donors (Lipinski definition) is 2. The average molecular weight is 455 g/mol. The van der Waals surface area contributed by atoms with Crippen molar-refractivity contribution in [3.05, 3.63) is 71.8 Å². The van der Waals surface area contributed by atoms with Crippen molar-refractivity contribution in [2.75, 3.05) is 13.2 Å². The fraction of sp³-hybridized carbons (Fsp3) is 0.462. The Kier molecular flexibility index (Phi) is 9.72. The molecule has 1 heterocycles. The lowest BCUT2D eigenvalue weighted by Crippen LogP contribution is -2.53. The molecule has 2 aromatic carbocycles. The maximum Gasteiger partial charge on any atom is 0.408 e. The lowest BCUT2D eigenvalue weighted by molar-refractivity contribution is -0.129. The molecular weight excluding hydrogens is 420 g/mol. The van der Waals surface area contributed by atoms with Crippen molar-refractivity contribution >= 4 is 12.0 Å². The number of aryl methyl sites for hydroxylation is 1. The van der Waals surface area contributed by atoms with E-state index in [9.17, 15) is 9.59 Å². The van der Waals surface area contributed by atoms with E-state index in [1.807, 2.05) is 62.4 Å². The fourth-order valence-corrected chi connectivity index (χ4v) is 3.75. The minimum atomic E-state index is -0.714. The van der Waals surface area contributed by atoms with Gasteiger partial charge < -0.3 is 24.8 Å². The van der Waals surface area contributed by atoms with Crippen LogP contribution in [0.5, 0.6) is 0 Å². The van der Waals surface area contributed by atoms with E-state index in [0.29, 0.717) is 26.1 Å². The quantitative estimate of drug-likeness (QED) is 0.539. The molecule has 3 rings (SSSR count). The molecule has 0 bridgehead atoms. The van der Waals surface area contributed by atoms with Gasteiger partial charge in [-0.3, -0.25) is 4.79 Å². The highest BCUT2D eigenvalue weighted by Crippen LogP contribution is 2.16. The van der Waals surface area contributed by atoms with E-state index in [-0.39, 0.29) is 24.5 Å². The summed E-state index contributed by atoms with van der Waals surface area (Å²) in [5.41, 5.74) is 2.06. The first-order chi connectivity index (χ1) is 16.0. The van der Waals surface area contributed by atoms with Gasteiger partial charge in [0.1, 0.15) is 12.6 Å². The lowest BCUT2D eigenvalue weighted by Gasteiger charge is -2.27. The molecule has 0 saturated carbocycles. The summed E-state index contributed by atoms with van der Waals surface area (Å²) < 4.78 is 16.7. The molecule has 33 heavy (non-hydrogen) atoms. The molecular formula is C26H34N2O5. The van der Waals surface area contributed by atoms with Gasteiger partial charge in [0.05, 0.1) is 19.3 Å². The molecule has 2 amide bonds. The molecule has 2 aromatic rings. The van der Waals surface area contributed by atoms with Crippen LogP contribution in [0.2, 0.25) is 0 Å². The van der Waals surface area contributed by atoms with E-state index >= 15 is 0 Å². The minimum absolute atomic E-state index is 0.145. The molecule has 7 nitrogen and oxygen atoms in total. The van der Waals surface area contributed by atoms with Crippen LogP contribution in [0.4, 0.5) is 4.79 Å². The van der Waals surface area contributed by atoms with Gasteiger partial charge in [-0.1, -0.05) is 74.5 Å². The zero-order chi connectivity index (χ0) is 23.5. The Morgan fingerprint density at radius 2 is 1.55 bits per heavy atom. The Balaban J connectivity index is 1.59. The Hall–Kier alpha value is -2.90. The Bertz CT molecular complexity index is 854. The molecule has 2 unspecified atom stereocenters. The molecule has 1 aliphatic rings. The monoisotopic (exact) mass is 454 g/mol. The van der Waals surface area contributed by atoms with Crippen LogP contribution in [0.25, 0.3) is 0 Å². The number of hydrogen-bond acceptors (Lipinski definition) is 5. The lowest BCUT2D eigenvalue weighted by atomic mass is 10.0. The number of alkyl carbamates (subject to hydrolysis) is 1. The smallest absolute Gasteiger partial charge is 0.408 e. The van der Waals surface area contributed by atoms with Gasteiger partial charge in [0, 0.05) is 0 Å². The van der Waals surface area contributed by atoms with E-state index in [1.54, 1.807) is 0 Å². The first kappa shape index (κ1) is 24.7. The number of carbonyl (C=O) groups excluding carboxylic acids is 2. The SMILES string of the molecule is CC(C)CC(NC(=O)OCc1ccccc1)C(=O)NC(CCc1ccccc1)C1OCCO1. The van der Waals surface area contributed by atoms with Crippen LogP contribution in [0, 0.1) is 5.92 Å². The summed E-state index contributed by atoms with van der Waals surface area (Å²) in [5, 5.41) is 5.79. The summed E-state index contributed by atoms with van der Waals surface area (Å²) in [6.45, 7) is 5.16. The van der Waals surface area contributed by atoms with Gasteiger partial charge in [0.2, 0.25) is 5.91 Å². The second kappa shape index (κ2) is 13.0. The van der Waals surface area contributed by atoms with Crippen molar-refractivity contribution in [1.29, 1.82) is 0 Å². The molecule has 2 N–H and O–H groups in total. The third-order valence-electron chi connectivity index (χ3n) is 5.42. The molecule has 0 aromatic heterocycles. The number of nitrogens with one attached hydrogen (secondary N) is 2. The summed E-state index contributed by atoms with van der Waals surface area (Å²) in [5.74, 6) is -0.0607. The zero-order valence-electron chi connectivity index (χ0n) is 19.4. The van der Waals surface area contributed by atoms with Gasteiger partial charge >= 0.3 is 6.09 Å². The van der Waals surface area contributed by atoms with Crippen LogP contribution >= 0.6 is 0 Å². The van der Waals surface area contributed by atoms with Crippen molar-refractivity contribution in [2.45, 2.75) is 58.1 Å². The van der Waals surface area contributed by atoms with E-state index in [4.69, 9.17) is 14.2 Å². The van der Waals surface area contributed by atoms with E-state index in [2.05, 4.69) is 22.8 Å². The van der Waals surface area contributed by atoms with Crippen molar-refractivity contribution in [3.8, 4) is 0 Å². The summed E-state index contributed by atoms with van der Waals surface area (Å²) in [6.07, 6.45) is 0.810. The molecule has 1 aliphatic heterocycles. The predicted octanol–water partition coefficient (Wildman–Crippen LogP) is 3.82. The third-order valence-corrected chi connectivity index (χ3v) is 5.42. The predicted molar refractivity (Wildman–Crippen MR) is 125 cm³/mol. The van der Waals surface area contributed by atoms with Crippen LogP contribution in [0.1, 0.15) is 37.8 Å². The van der Waals surface area contributed by atoms with Crippen LogP contribution in [0.15, 0.2) is 60.7 Å². The number of carbonyl (C=O) groups is 2. The van der Waals surface area contributed by atoms with Crippen LogP contribution in [-0.4, -0.2) is 43.6 Å². The van der Waals surface area contributed by atoms with Crippen molar-refractivity contribution < 1.29 is 23.8 Å². The van der Waals surface area contributed by atoms with E-state index in [0.717, 1.165) is 12.0 Å². The molecule has 178 valence electrons. The summed E-state index contributed by atoms with van der Waals surface area (Å²) in [7, 11) is 0. The van der Waals surface area contributed by atoms with Gasteiger partial charge in [0.25, 0.3) is 0 Å². The van der Waals surface area contributed by atoms with Gasteiger partial charge in [-0.25, -0.2) is 4.79 Å². The highest BCUT2D eigenvalue weighted by atomic mass is 16.7. The number of rotatable bonds is 11. The number of benzene rings is 2. The highest BCUT2D eigenvalue weighted by molar-refractivity contribution is 5.85. The fourth-order valence-electron chi connectivity index (χ4n) is 3.75. The van der Waals surface area contributed by atoms with Gasteiger partial charge in [-0.05, 0) is 36.3 Å². The number of ether oxygens (including phenoxy) is 3. The molecule has 0 radical (unpaired) electrons. The maximum atomic E-state index is 13.2. The molecule has 7 heteroatoms. The summed E-state index contributed by atoms with van der Waals surface area (Å²) >= 11 is 0. The Morgan fingerprint density at radius 3 is 2.15 bits per heavy atom. The van der Waals surface area contributed by atoms with E-state index < -0.39 is 18.4 Å². The number of amides is 2. The highest BCUT2D eigenvalue weighted by Gasteiger charge is 2.31. The Labute approximate surface area is 195 Å². The van der Waals surface area contributed by atoms with Gasteiger partial charge in [-0.15, -0.1) is 0 Å². The first-order valence-corrected chi connectivity index (χ1v) is 11.6.